The van der Waals surface area contributed by atoms with Crippen LogP contribution in [0.5, 0.6) is 0 Å². The van der Waals surface area contributed by atoms with Crippen LogP contribution in [0.15, 0.2) is 84.9 Å². The summed E-state index contributed by atoms with van der Waals surface area (Å²) in [5.74, 6) is -2.43. The fourth-order valence-corrected chi connectivity index (χ4v) is 4.55. The third kappa shape index (κ3) is 5.83. The number of fused-ring (bicyclic) bond motifs is 1. The number of carboxylic acid groups (broad SMARTS) is 1. The Morgan fingerprint density at radius 3 is 2.13 bits per heavy atom. The van der Waals surface area contributed by atoms with Crippen LogP contribution in [0.3, 0.4) is 0 Å². The van der Waals surface area contributed by atoms with Gasteiger partial charge in [-0.3, -0.25) is 14.5 Å². The molecule has 3 atom stereocenters. The number of amides is 4. The first-order chi connectivity index (χ1) is 18.3. The lowest BCUT2D eigenvalue weighted by Crippen LogP contribution is -2.60. The van der Waals surface area contributed by atoms with E-state index in [1.807, 2.05) is 44.2 Å². The number of carbonyl (C=O) groups is 4. The molecule has 9 nitrogen and oxygen atoms in total. The molecular weight excluding hydrogens is 484 g/mol. The second kappa shape index (κ2) is 11.6. The first kappa shape index (κ1) is 26.4. The minimum atomic E-state index is -1.30. The van der Waals surface area contributed by atoms with E-state index in [1.54, 1.807) is 54.6 Å². The summed E-state index contributed by atoms with van der Waals surface area (Å²) in [5.41, 5.74) is 2.18. The number of rotatable bonds is 8. The Kier molecular flexibility index (Phi) is 8.06. The number of hydrogen-bond acceptors (Lipinski definition) is 4. The third-order valence-corrected chi connectivity index (χ3v) is 6.38. The molecule has 4 N–H and O–H groups in total. The van der Waals surface area contributed by atoms with E-state index in [0.717, 1.165) is 5.56 Å². The maximum Gasteiger partial charge on any atom is 0.330 e. The van der Waals surface area contributed by atoms with E-state index < -0.39 is 36.0 Å². The van der Waals surface area contributed by atoms with E-state index in [0.29, 0.717) is 16.9 Å². The SMILES string of the molecule is CC(C)[C@@H]1C(=O)Nc2ccccc2N1C(=O)N[C@@H](Cc1ccccc1)C(=O)N[C@H](C(=O)O)c1ccccc1. The molecule has 4 amide bonds. The quantitative estimate of drug-likeness (QED) is 0.364. The summed E-state index contributed by atoms with van der Waals surface area (Å²) in [7, 11) is 0. The van der Waals surface area contributed by atoms with Gasteiger partial charge in [-0.25, -0.2) is 9.59 Å². The minimum absolute atomic E-state index is 0.119. The average Bonchev–Trinajstić information content (AvgIpc) is 2.91. The molecule has 0 aromatic heterocycles. The molecule has 4 rings (SSSR count). The lowest BCUT2D eigenvalue weighted by Gasteiger charge is -2.39. The number of para-hydroxylation sites is 2. The zero-order chi connectivity index (χ0) is 27.2. The topological polar surface area (TPSA) is 128 Å². The molecule has 1 aliphatic heterocycles. The number of anilines is 2. The van der Waals surface area contributed by atoms with Crippen molar-refractivity contribution in [1.82, 2.24) is 10.6 Å². The van der Waals surface area contributed by atoms with Gasteiger partial charge in [-0.05, 0) is 29.2 Å². The molecule has 0 saturated carbocycles. The van der Waals surface area contributed by atoms with Crippen LogP contribution >= 0.6 is 0 Å². The Balaban J connectivity index is 1.65. The number of aliphatic carboxylic acids is 1. The van der Waals surface area contributed by atoms with Gasteiger partial charge in [0.1, 0.15) is 12.1 Å². The summed E-state index contributed by atoms with van der Waals surface area (Å²) in [6.45, 7) is 3.67. The Hall–Kier alpha value is -4.66. The van der Waals surface area contributed by atoms with Crippen LogP contribution in [-0.4, -0.2) is 41.0 Å². The van der Waals surface area contributed by atoms with Crippen LogP contribution in [0.4, 0.5) is 16.2 Å². The molecule has 0 spiro atoms. The van der Waals surface area contributed by atoms with Crippen LogP contribution in [-0.2, 0) is 20.8 Å². The molecule has 0 fully saturated rings. The Morgan fingerprint density at radius 1 is 0.895 bits per heavy atom. The van der Waals surface area contributed by atoms with E-state index in [-0.39, 0.29) is 18.2 Å². The van der Waals surface area contributed by atoms with Gasteiger partial charge < -0.3 is 21.1 Å². The second-order valence-corrected chi connectivity index (χ2v) is 9.45. The Morgan fingerprint density at radius 2 is 1.50 bits per heavy atom. The summed E-state index contributed by atoms with van der Waals surface area (Å²) in [6.07, 6.45) is 0.119. The largest absolute Gasteiger partial charge is 0.479 e. The van der Waals surface area contributed by atoms with Gasteiger partial charge in [-0.2, -0.15) is 0 Å². The highest BCUT2D eigenvalue weighted by Crippen LogP contribution is 2.34. The fraction of sp³-hybridized carbons (Fsp3) is 0.241. The molecule has 0 radical (unpaired) electrons. The second-order valence-electron chi connectivity index (χ2n) is 9.45. The van der Waals surface area contributed by atoms with E-state index in [4.69, 9.17) is 0 Å². The maximum absolute atomic E-state index is 13.8. The molecule has 0 saturated heterocycles. The molecule has 9 heteroatoms. The van der Waals surface area contributed by atoms with E-state index in [9.17, 15) is 24.3 Å². The summed E-state index contributed by atoms with van der Waals surface area (Å²) in [4.78, 5) is 53.6. The molecular formula is C29H30N4O5. The van der Waals surface area contributed by atoms with E-state index in [2.05, 4.69) is 16.0 Å². The van der Waals surface area contributed by atoms with Gasteiger partial charge in [-0.1, -0.05) is 86.6 Å². The minimum Gasteiger partial charge on any atom is -0.479 e. The van der Waals surface area contributed by atoms with Gasteiger partial charge in [-0.15, -0.1) is 0 Å². The van der Waals surface area contributed by atoms with Gasteiger partial charge in [0.25, 0.3) is 0 Å². The number of hydrogen-bond donors (Lipinski definition) is 4. The Bertz CT molecular complexity index is 1310. The van der Waals surface area contributed by atoms with Crippen molar-refractivity contribution in [2.45, 2.75) is 38.4 Å². The van der Waals surface area contributed by atoms with Crippen LogP contribution in [0, 0.1) is 5.92 Å². The van der Waals surface area contributed by atoms with Crippen molar-refractivity contribution >= 4 is 35.2 Å². The van der Waals surface area contributed by atoms with Crippen molar-refractivity contribution in [3.8, 4) is 0 Å². The van der Waals surface area contributed by atoms with Crippen molar-refractivity contribution < 1.29 is 24.3 Å². The number of carboxylic acids is 1. The third-order valence-electron chi connectivity index (χ3n) is 6.38. The molecule has 38 heavy (non-hydrogen) atoms. The maximum atomic E-state index is 13.8. The molecule has 1 aliphatic rings. The highest BCUT2D eigenvalue weighted by molar-refractivity contribution is 6.12. The zero-order valence-electron chi connectivity index (χ0n) is 21.1. The summed E-state index contributed by atoms with van der Waals surface area (Å²) in [6, 6.07) is 20.6. The number of nitrogens with one attached hydrogen (secondary N) is 3. The van der Waals surface area contributed by atoms with Crippen molar-refractivity contribution in [1.29, 1.82) is 0 Å². The van der Waals surface area contributed by atoms with E-state index in [1.165, 1.54) is 4.90 Å². The number of benzene rings is 3. The summed E-state index contributed by atoms with van der Waals surface area (Å²) in [5, 5.41) is 18.0. The first-order valence-corrected chi connectivity index (χ1v) is 12.4. The molecule has 0 bridgehead atoms. The molecule has 0 aliphatic carbocycles. The van der Waals surface area contributed by atoms with Gasteiger partial charge in [0.2, 0.25) is 11.8 Å². The highest BCUT2D eigenvalue weighted by Gasteiger charge is 2.40. The Labute approximate surface area is 220 Å². The average molecular weight is 515 g/mol. The van der Waals surface area contributed by atoms with E-state index >= 15 is 0 Å². The van der Waals surface area contributed by atoms with Gasteiger partial charge in [0.05, 0.1) is 11.4 Å². The predicted octanol–water partition coefficient (Wildman–Crippen LogP) is 3.73. The lowest BCUT2D eigenvalue weighted by molar-refractivity contribution is -0.142. The van der Waals surface area contributed by atoms with Gasteiger partial charge in [0, 0.05) is 6.42 Å². The van der Waals surface area contributed by atoms with Gasteiger partial charge in [0.15, 0.2) is 6.04 Å². The van der Waals surface area contributed by atoms with Crippen LogP contribution in [0.1, 0.15) is 31.0 Å². The summed E-state index contributed by atoms with van der Waals surface area (Å²) < 4.78 is 0. The molecule has 0 unspecified atom stereocenters. The monoisotopic (exact) mass is 514 g/mol. The van der Waals surface area contributed by atoms with Crippen LogP contribution < -0.4 is 20.9 Å². The van der Waals surface area contributed by atoms with Crippen LogP contribution in [0.2, 0.25) is 0 Å². The fourth-order valence-electron chi connectivity index (χ4n) is 4.55. The zero-order valence-corrected chi connectivity index (χ0v) is 21.1. The standard InChI is InChI=1S/C29H30N4O5/c1-18(2)25-27(35)30-21-15-9-10-16-23(21)33(25)29(38)31-22(17-19-11-5-3-6-12-19)26(34)32-24(28(36)37)20-13-7-4-8-14-20/h3-16,18,22,24-25H,17H2,1-2H3,(H,30,35)(H,31,38)(H,32,34)(H,36,37)/t22-,24-,25+/m0/s1. The molecule has 3 aromatic rings. The van der Waals surface area contributed by atoms with Crippen molar-refractivity contribution in [3.05, 3.63) is 96.1 Å². The smallest absolute Gasteiger partial charge is 0.330 e. The molecule has 196 valence electrons. The predicted molar refractivity (Wildman–Crippen MR) is 144 cm³/mol. The number of nitrogens with zero attached hydrogens (tertiary/aromatic N) is 1. The van der Waals surface area contributed by atoms with Crippen molar-refractivity contribution in [3.63, 3.8) is 0 Å². The molecule has 3 aromatic carbocycles. The number of urea groups is 1. The van der Waals surface area contributed by atoms with Crippen molar-refractivity contribution in [2.24, 2.45) is 5.92 Å². The number of carbonyl (C=O) groups excluding carboxylic acids is 3. The summed E-state index contributed by atoms with van der Waals surface area (Å²) >= 11 is 0. The lowest BCUT2D eigenvalue weighted by atomic mass is 9.97. The first-order valence-electron chi connectivity index (χ1n) is 12.4. The molecule has 1 heterocycles. The van der Waals surface area contributed by atoms with Crippen molar-refractivity contribution in [2.75, 3.05) is 10.2 Å². The van der Waals surface area contributed by atoms with Gasteiger partial charge >= 0.3 is 12.0 Å². The highest BCUT2D eigenvalue weighted by atomic mass is 16.4. The normalized spacial score (nSPS) is 16.1. The van der Waals surface area contributed by atoms with Crippen LogP contribution in [0.25, 0.3) is 0 Å².